The number of halogens is 2. The van der Waals surface area contributed by atoms with Gasteiger partial charge in [-0.3, -0.25) is 9.59 Å². The van der Waals surface area contributed by atoms with Crippen LogP contribution < -0.4 is 10.3 Å². The van der Waals surface area contributed by atoms with Crippen molar-refractivity contribution in [2.75, 3.05) is 51.8 Å². The van der Waals surface area contributed by atoms with Crippen molar-refractivity contribution in [3.05, 3.63) is 63.2 Å². The van der Waals surface area contributed by atoms with E-state index < -0.39 is 23.3 Å². The summed E-state index contributed by atoms with van der Waals surface area (Å²) in [6.45, 7) is 6.93. The molecule has 2 unspecified atom stereocenters. The highest BCUT2D eigenvalue weighted by atomic mass is 19.1. The van der Waals surface area contributed by atoms with Crippen molar-refractivity contribution in [3.63, 3.8) is 0 Å². The maximum atomic E-state index is 14.9. The monoisotopic (exact) mass is 499 g/mol. The van der Waals surface area contributed by atoms with Crippen LogP contribution in [0.15, 0.2) is 51.1 Å². The number of fused-ring (bicyclic) bond motifs is 2. The number of morpholine rings is 1. The molecule has 2 atom stereocenters. The van der Waals surface area contributed by atoms with Gasteiger partial charge in [-0.1, -0.05) is 13.8 Å². The fourth-order valence-electron chi connectivity index (χ4n) is 5.60. The van der Waals surface area contributed by atoms with E-state index in [2.05, 4.69) is 0 Å². The van der Waals surface area contributed by atoms with E-state index in [1.165, 1.54) is 17.0 Å². The third-order valence-electron chi connectivity index (χ3n) is 7.28. The molecule has 2 saturated heterocycles. The molecule has 0 spiro atoms. The number of ether oxygens (including phenoxy) is 1. The zero-order valence-corrected chi connectivity index (χ0v) is 21.0. The maximum Gasteiger partial charge on any atom is 0.253 e. The number of amides is 1. The summed E-state index contributed by atoms with van der Waals surface area (Å²) in [5, 5.41) is 0.303. The lowest BCUT2D eigenvalue weighted by atomic mass is 9.76. The number of hydrogen-bond donors (Lipinski definition) is 0. The van der Waals surface area contributed by atoms with E-state index in [-0.39, 0.29) is 17.9 Å². The van der Waals surface area contributed by atoms with Crippen molar-refractivity contribution in [2.45, 2.75) is 26.6 Å². The van der Waals surface area contributed by atoms with Crippen molar-refractivity contribution in [3.8, 4) is 0 Å². The topological polar surface area (TPSA) is 66.2 Å². The fraction of sp³-hybridized carbons (Fsp3) is 0.481. The van der Waals surface area contributed by atoms with Gasteiger partial charge in [0.25, 0.3) is 5.91 Å². The Morgan fingerprint density at radius 1 is 1.19 bits per heavy atom. The van der Waals surface area contributed by atoms with Crippen molar-refractivity contribution in [2.24, 2.45) is 11.3 Å². The molecule has 0 N–H and O–H groups in total. The third kappa shape index (κ3) is 4.30. The number of benzene rings is 1. The quantitative estimate of drug-likeness (QED) is 0.636. The van der Waals surface area contributed by atoms with Gasteiger partial charge in [0.2, 0.25) is 0 Å². The lowest BCUT2D eigenvalue weighted by Gasteiger charge is -2.29. The van der Waals surface area contributed by atoms with Crippen LogP contribution in [-0.4, -0.2) is 68.8 Å². The van der Waals surface area contributed by atoms with E-state index in [1.807, 2.05) is 23.6 Å². The number of carbonyl (C=O) groups excluding carboxylic acids is 1. The first kappa shape index (κ1) is 24.5. The molecule has 36 heavy (non-hydrogen) atoms. The average Bonchev–Trinajstić information content (AvgIpc) is 3.08. The zero-order valence-electron chi connectivity index (χ0n) is 21.0. The summed E-state index contributed by atoms with van der Waals surface area (Å²) in [5.74, 6) is -0.882. The number of anilines is 1. The molecule has 5 rings (SSSR count). The maximum absolute atomic E-state index is 14.9. The largest absolute Gasteiger partial charge is 0.440 e. The van der Waals surface area contributed by atoms with Crippen LogP contribution in [0.4, 0.5) is 14.7 Å². The molecule has 1 aromatic carbocycles. The first-order valence-corrected chi connectivity index (χ1v) is 12.2. The van der Waals surface area contributed by atoms with Crippen molar-refractivity contribution in [1.82, 2.24) is 9.80 Å². The minimum atomic E-state index is -1.42. The standard InChI is InChI=1S/C27H31F2N3O4/c1-27(2)15-32(21-12-18(28)11-20(29)24(21)27)14-17-9-16(26(34)30(3)4)10-19-22(33)13-23(36-25(17)19)31-5-7-35-8-6-31/h9-13,20,24H,5-8,14-15H2,1-4H3. The number of alkyl halides is 1. The highest BCUT2D eigenvalue weighted by Crippen LogP contribution is 2.49. The summed E-state index contributed by atoms with van der Waals surface area (Å²) in [5.41, 5.74) is 1.25. The molecule has 3 heterocycles. The van der Waals surface area contributed by atoms with E-state index in [1.54, 1.807) is 26.2 Å². The number of carbonyl (C=O) groups is 1. The van der Waals surface area contributed by atoms with Crippen LogP contribution in [-0.2, 0) is 11.3 Å². The average molecular weight is 500 g/mol. The van der Waals surface area contributed by atoms with Crippen LogP contribution in [0.1, 0.15) is 29.8 Å². The summed E-state index contributed by atoms with van der Waals surface area (Å²) in [6.07, 6.45) is 0.995. The Balaban J connectivity index is 1.63. The summed E-state index contributed by atoms with van der Waals surface area (Å²) in [6, 6.07) is 4.74. The molecule has 2 fully saturated rings. The van der Waals surface area contributed by atoms with Gasteiger partial charge in [-0.15, -0.1) is 0 Å². The summed E-state index contributed by atoms with van der Waals surface area (Å²) in [4.78, 5) is 31.4. The van der Waals surface area contributed by atoms with Gasteiger partial charge in [-0.2, -0.15) is 0 Å². The SMILES string of the molecule is CN(C)C(=O)c1cc(CN2CC(C)(C)C3C2=CC(F)=CC3F)c2oc(N3CCOCC3)cc(=O)c2c1. The van der Waals surface area contributed by atoms with Crippen molar-refractivity contribution < 1.29 is 22.7 Å². The van der Waals surface area contributed by atoms with Crippen molar-refractivity contribution in [1.29, 1.82) is 0 Å². The second kappa shape index (κ2) is 9.03. The second-order valence-corrected chi connectivity index (χ2v) is 10.6. The highest BCUT2D eigenvalue weighted by Gasteiger charge is 2.48. The van der Waals surface area contributed by atoms with Crippen LogP contribution in [0, 0.1) is 11.3 Å². The molecule has 9 heteroatoms. The molecule has 1 aliphatic carbocycles. The first-order chi connectivity index (χ1) is 17.0. The van der Waals surface area contributed by atoms with Gasteiger partial charge < -0.3 is 23.9 Å². The third-order valence-corrected chi connectivity index (χ3v) is 7.28. The molecule has 7 nitrogen and oxygen atoms in total. The summed E-state index contributed by atoms with van der Waals surface area (Å²) < 4.78 is 40.9. The number of hydrogen-bond acceptors (Lipinski definition) is 6. The first-order valence-electron chi connectivity index (χ1n) is 12.2. The fourth-order valence-corrected chi connectivity index (χ4v) is 5.60. The molecule has 1 amide bonds. The second-order valence-electron chi connectivity index (χ2n) is 10.6. The normalized spacial score (nSPS) is 23.4. The molecule has 192 valence electrons. The Hall–Kier alpha value is -3.20. The predicted molar refractivity (Wildman–Crippen MR) is 133 cm³/mol. The molecule has 0 bridgehead atoms. The Morgan fingerprint density at radius 2 is 1.92 bits per heavy atom. The molecular weight excluding hydrogens is 468 g/mol. The number of likely N-dealkylation sites (tertiary alicyclic amines) is 1. The van der Waals surface area contributed by atoms with E-state index in [9.17, 15) is 18.4 Å². The zero-order chi connectivity index (χ0) is 25.8. The Morgan fingerprint density at radius 3 is 2.61 bits per heavy atom. The van der Waals surface area contributed by atoms with E-state index >= 15 is 0 Å². The van der Waals surface area contributed by atoms with Crippen LogP contribution in [0.3, 0.4) is 0 Å². The van der Waals surface area contributed by atoms with E-state index in [0.717, 1.165) is 6.08 Å². The van der Waals surface area contributed by atoms with Gasteiger partial charge >= 0.3 is 0 Å². The van der Waals surface area contributed by atoms with Crippen LogP contribution in [0.2, 0.25) is 0 Å². The molecule has 1 aromatic heterocycles. The molecule has 3 aliphatic rings. The van der Waals surface area contributed by atoms with Crippen molar-refractivity contribution >= 4 is 22.8 Å². The van der Waals surface area contributed by atoms with Crippen LogP contribution in [0.5, 0.6) is 0 Å². The highest BCUT2D eigenvalue weighted by molar-refractivity contribution is 5.98. The molecular formula is C27H31F2N3O4. The molecule has 0 radical (unpaired) electrons. The Bertz CT molecular complexity index is 1320. The lowest BCUT2D eigenvalue weighted by molar-refractivity contribution is 0.0827. The van der Waals surface area contributed by atoms with Gasteiger partial charge in [-0.05, 0) is 29.7 Å². The van der Waals surface area contributed by atoms with Gasteiger partial charge in [0.05, 0.1) is 18.6 Å². The minimum absolute atomic E-state index is 0.242. The lowest BCUT2D eigenvalue weighted by Crippen LogP contribution is -2.36. The Kier molecular flexibility index (Phi) is 6.14. The molecule has 2 aromatic rings. The number of allylic oxidation sites excluding steroid dienone is 4. The van der Waals surface area contributed by atoms with Gasteiger partial charge in [0.15, 0.2) is 11.3 Å². The Labute approximate surface area is 208 Å². The summed E-state index contributed by atoms with van der Waals surface area (Å²) >= 11 is 0. The van der Waals surface area contributed by atoms with Gasteiger partial charge in [0.1, 0.15) is 17.6 Å². The van der Waals surface area contributed by atoms with E-state index in [0.29, 0.717) is 66.5 Å². The molecule has 0 saturated carbocycles. The number of rotatable bonds is 4. The van der Waals surface area contributed by atoms with Gasteiger partial charge in [0, 0.05) is 69.1 Å². The smallest absolute Gasteiger partial charge is 0.253 e. The molecule has 2 aliphatic heterocycles. The van der Waals surface area contributed by atoms with Crippen LogP contribution >= 0.6 is 0 Å². The number of nitrogens with zero attached hydrogens (tertiary/aromatic N) is 3. The minimum Gasteiger partial charge on any atom is -0.440 e. The van der Waals surface area contributed by atoms with E-state index in [4.69, 9.17) is 9.15 Å². The summed E-state index contributed by atoms with van der Waals surface area (Å²) in [7, 11) is 3.29. The predicted octanol–water partition coefficient (Wildman–Crippen LogP) is 3.88. The van der Waals surface area contributed by atoms with Crippen LogP contribution in [0.25, 0.3) is 11.0 Å². The van der Waals surface area contributed by atoms with Gasteiger partial charge in [-0.25, -0.2) is 8.78 Å².